The van der Waals surface area contributed by atoms with Gasteiger partial charge in [0.2, 0.25) is 0 Å². The topological polar surface area (TPSA) is 74.5 Å². The predicted molar refractivity (Wildman–Crippen MR) is 113 cm³/mol. The smallest absolute Gasteiger partial charge is 0.150 e. The lowest BCUT2D eigenvalue weighted by Crippen LogP contribution is -1.85. The fourth-order valence-electron chi connectivity index (χ4n) is 2.90. The minimum atomic E-state index is 0.464. The highest BCUT2D eigenvalue weighted by Gasteiger charge is 2.18. The summed E-state index contributed by atoms with van der Waals surface area (Å²) >= 11 is 1.29. The molecule has 0 unspecified atom stereocenters. The van der Waals surface area contributed by atoms with Gasteiger partial charge in [-0.05, 0) is 36.1 Å². The molecule has 3 rings (SSSR count). The summed E-state index contributed by atoms with van der Waals surface area (Å²) in [6.45, 7) is 2.21. The fourth-order valence-corrected chi connectivity index (χ4v) is 3.76. The molecule has 0 saturated heterocycles. The Labute approximate surface area is 164 Å². The first-order valence-corrected chi connectivity index (χ1v) is 9.93. The van der Waals surface area contributed by atoms with Gasteiger partial charge >= 0.3 is 0 Å². The van der Waals surface area contributed by atoms with E-state index in [1.807, 2.05) is 42.5 Å². The van der Waals surface area contributed by atoms with Crippen molar-refractivity contribution in [2.75, 3.05) is 5.73 Å². The molecule has 0 aliphatic rings. The van der Waals surface area contributed by atoms with E-state index < -0.39 is 0 Å². The Balaban J connectivity index is 1.84. The van der Waals surface area contributed by atoms with Crippen molar-refractivity contribution < 1.29 is 0 Å². The zero-order valence-corrected chi connectivity index (χ0v) is 16.2. The van der Waals surface area contributed by atoms with Crippen LogP contribution in [0.3, 0.4) is 0 Å². The van der Waals surface area contributed by atoms with Gasteiger partial charge < -0.3 is 5.73 Å². The highest BCUT2D eigenvalue weighted by molar-refractivity contribution is 7.20. The second-order valence-corrected chi connectivity index (χ2v) is 7.35. The SMILES string of the molecule is CCCCCc1ccc(N=Nc2sc(N)c(C#N)c2-c2ccccc2)cc1. The molecule has 1 aromatic heterocycles. The van der Waals surface area contributed by atoms with Crippen molar-refractivity contribution in [3.05, 3.63) is 65.7 Å². The molecular weight excluding hydrogens is 352 g/mol. The third-order valence-electron chi connectivity index (χ3n) is 4.35. The van der Waals surface area contributed by atoms with Gasteiger partial charge in [0.25, 0.3) is 0 Å². The summed E-state index contributed by atoms with van der Waals surface area (Å²) in [5.74, 6) is 0. The third kappa shape index (κ3) is 4.60. The van der Waals surface area contributed by atoms with Gasteiger partial charge in [-0.2, -0.15) is 5.26 Å². The van der Waals surface area contributed by atoms with Crippen molar-refractivity contribution in [2.24, 2.45) is 10.2 Å². The molecule has 4 nitrogen and oxygen atoms in total. The number of anilines is 1. The van der Waals surface area contributed by atoms with Crippen LogP contribution in [-0.2, 0) is 6.42 Å². The standard InChI is InChI=1S/C22H22N4S/c1-2-3-5-8-16-11-13-18(14-12-16)25-26-22-20(17-9-6-4-7-10-17)19(15-23)21(24)27-22/h4,6-7,9-14H,2-3,5,8,24H2,1H3. The van der Waals surface area contributed by atoms with Crippen LogP contribution >= 0.6 is 11.3 Å². The van der Waals surface area contributed by atoms with Crippen LogP contribution in [0.25, 0.3) is 11.1 Å². The highest BCUT2D eigenvalue weighted by atomic mass is 32.1. The van der Waals surface area contributed by atoms with E-state index in [-0.39, 0.29) is 0 Å². The minimum absolute atomic E-state index is 0.464. The number of nitrogen functional groups attached to an aromatic ring is 1. The quantitative estimate of drug-likeness (QED) is 0.356. The molecule has 0 radical (unpaired) electrons. The Morgan fingerprint density at radius 3 is 2.41 bits per heavy atom. The molecule has 1 heterocycles. The first kappa shape index (κ1) is 18.8. The van der Waals surface area contributed by atoms with Gasteiger partial charge in [0.05, 0.1) is 11.3 Å². The van der Waals surface area contributed by atoms with E-state index in [0.717, 1.165) is 23.2 Å². The number of hydrogen-bond acceptors (Lipinski definition) is 5. The average Bonchev–Trinajstić information content (AvgIpc) is 3.03. The van der Waals surface area contributed by atoms with Crippen LogP contribution in [0.2, 0.25) is 0 Å². The van der Waals surface area contributed by atoms with E-state index in [1.165, 1.54) is 36.2 Å². The molecule has 0 saturated carbocycles. The summed E-state index contributed by atoms with van der Waals surface area (Å²) < 4.78 is 0. The summed E-state index contributed by atoms with van der Waals surface area (Å²) in [6, 6.07) is 20.1. The maximum absolute atomic E-state index is 9.48. The number of nitrogens with two attached hydrogens (primary N) is 1. The molecule has 0 atom stereocenters. The number of rotatable bonds is 7. The van der Waals surface area contributed by atoms with Gasteiger partial charge in [0.1, 0.15) is 16.1 Å². The van der Waals surface area contributed by atoms with E-state index in [4.69, 9.17) is 5.73 Å². The molecule has 0 fully saturated rings. The van der Waals surface area contributed by atoms with E-state index in [1.54, 1.807) is 0 Å². The first-order chi connectivity index (χ1) is 13.2. The van der Waals surface area contributed by atoms with Crippen LogP contribution in [0.1, 0.15) is 37.3 Å². The predicted octanol–water partition coefficient (Wildman–Crippen LogP) is 7.02. The van der Waals surface area contributed by atoms with Gasteiger partial charge in [-0.15, -0.1) is 10.2 Å². The van der Waals surface area contributed by atoms with E-state index in [9.17, 15) is 5.26 Å². The minimum Gasteiger partial charge on any atom is -0.389 e. The van der Waals surface area contributed by atoms with E-state index in [0.29, 0.717) is 15.6 Å². The number of nitrogens with zero attached hydrogens (tertiary/aromatic N) is 3. The van der Waals surface area contributed by atoms with Gasteiger partial charge in [-0.1, -0.05) is 73.6 Å². The number of unbranched alkanes of at least 4 members (excludes halogenated alkanes) is 2. The number of benzene rings is 2. The lowest BCUT2D eigenvalue weighted by molar-refractivity contribution is 0.717. The zero-order chi connectivity index (χ0) is 19.1. The lowest BCUT2D eigenvalue weighted by Gasteiger charge is -2.02. The van der Waals surface area contributed by atoms with Crippen LogP contribution in [0.15, 0.2) is 64.8 Å². The van der Waals surface area contributed by atoms with Crippen molar-refractivity contribution in [3.8, 4) is 17.2 Å². The van der Waals surface area contributed by atoms with Crippen molar-refractivity contribution in [3.63, 3.8) is 0 Å². The second kappa shape index (κ2) is 9.11. The van der Waals surface area contributed by atoms with Crippen LogP contribution in [0.4, 0.5) is 15.7 Å². The number of nitriles is 1. The Hall–Kier alpha value is -2.97. The second-order valence-electron chi connectivity index (χ2n) is 6.32. The zero-order valence-electron chi connectivity index (χ0n) is 15.4. The van der Waals surface area contributed by atoms with Crippen molar-refractivity contribution in [2.45, 2.75) is 32.6 Å². The van der Waals surface area contributed by atoms with Gasteiger partial charge in [-0.3, -0.25) is 0 Å². The number of azo groups is 1. The molecule has 0 spiro atoms. The van der Waals surface area contributed by atoms with Crippen LogP contribution in [0.5, 0.6) is 0 Å². The van der Waals surface area contributed by atoms with Gasteiger partial charge in [-0.25, -0.2) is 0 Å². The van der Waals surface area contributed by atoms with Crippen molar-refractivity contribution >= 4 is 27.0 Å². The summed E-state index contributed by atoms with van der Waals surface area (Å²) in [5.41, 5.74) is 10.3. The normalized spacial score (nSPS) is 11.0. The number of hydrogen-bond donors (Lipinski definition) is 1. The summed E-state index contributed by atoms with van der Waals surface area (Å²) in [7, 11) is 0. The van der Waals surface area contributed by atoms with Gasteiger partial charge in [0, 0.05) is 5.56 Å². The Kier molecular flexibility index (Phi) is 6.35. The Morgan fingerprint density at radius 2 is 1.74 bits per heavy atom. The van der Waals surface area contributed by atoms with Crippen molar-refractivity contribution in [1.82, 2.24) is 0 Å². The largest absolute Gasteiger partial charge is 0.389 e. The molecular formula is C22H22N4S. The summed E-state index contributed by atoms with van der Waals surface area (Å²) in [4.78, 5) is 0. The maximum Gasteiger partial charge on any atom is 0.150 e. The van der Waals surface area contributed by atoms with E-state index in [2.05, 4.69) is 35.4 Å². The number of aryl methyl sites for hydroxylation is 1. The highest BCUT2D eigenvalue weighted by Crippen LogP contribution is 2.44. The first-order valence-electron chi connectivity index (χ1n) is 9.11. The molecule has 136 valence electrons. The molecule has 0 amide bonds. The summed E-state index contributed by atoms with van der Waals surface area (Å²) in [6.07, 6.45) is 4.79. The maximum atomic E-state index is 9.48. The molecule has 2 N–H and O–H groups in total. The molecule has 27 heavy (non-hydrogen) atoms. The van der Waals surface area contributed by atoms with Crippen molar-refractivity contribution in [1.29, 1.82) is 5.26 Å². The average molecular weight is 375 g/mol. The molecule has 3 aromatic rings. The number of thiophene rings is 1. The monoisotopic (exact) mass is 374 g/mol. The molecule has 5 heteroatoms. The third-order valence-corrected chi connectivity index (χ3v) is 5.26. The lowest BCUT2D eigenvalue weighted by atomic mass is 10.0. The fraction of sp³-hybridized carbons (Fsp3) is 0.227. The molecule has 0 aliphatic heterocycles. The van der Waals surface area contributed by atoms with E-state index >= 15 is 0 Å². The van der Waals surface area contributed by atoms with Crippen LogP contribution < -0.4 is 5.73 Å². The molecule has 2 aromatic carbocycles. The molecule has 0 bridgehead atoms. The van der Waals surface area contributed by atoms with Crippen LogP contribution in [-0.4, -0.2) is 0 Å². The summed E-state index contributed by atoms with van der Waals surface area (Å²) in [5, 5.41) is 19.4. The Bertz CT molecular complexity index is 950. The Morgan fingerprint density at radius 1 is 1.00 bits per heavy atom. The van der Waals surface area contributed by atoms with Crippen LogP contribution in [0, 0.1) is 11.3 Å². The van der Waals surface area contributed by atoms with Gasteiger partial charge in [0.15, 0.2) is 0 Å². The molecule has 0 aliphatic carbocycles.